The molecule has 0 unspecified atom stereocenters. The summed E-state index contributed by atoms with van der Waals surface area (Å²) in [6, 6.07) is 9.19. The van der Waals surface area contributed by atoms with Crippen molar-refractivity contribution in [2.45, 2.75) is 31.8 Å². The fourth-order valence-electron chi connectivity index (χ4n) is 1.78. The van der Waals surface area contributed by atoms with E-state index in [1.807, 2.05) is 30.3 Å². The third-order valence-electron chi connectivity index (χ3n) is 3.05. The van der Waals surface area contributed by atoms with Crippen LogP contribution in [0.3, 0.4) is 0 Å². The molecule has 0 saturated carbocycles. The van der Waals surface area contributed by atoms with E-state index in [4.69, 9.17) is 5.73 Å². The largest absolute Gasteiger partial charge is 0.356 e. The molecule has 1 aromatic rings. The van der Waals surface area contributed by atoms with Crippen molar-refractivity contribution in [1.29, 1.82) is 0 Å². The topological polar surface area (TPSA) is 84.2 Å². The Morgan fingerprint density at radius 3 is 2.52 bits per heavy atom. The number of aryl methyl sites for hydroxylation is 1. The van der Waals surface area contributed by atoms with Crippen LogP contribution in [-0.2, 0) is 16.0 Å². The maximum atomic E-state index is 11.7. The predicted molar refractivity (Wildman–Crippen MR) is 83.5 cm³/mol. The Balaban J connectivity index is 2.64. The molecule has 0 aliphatic heterocycles. The lowest BCUT2D eigenvalue weighted by Crippen LogP contribution is -2.43. The summed E-state index contributed by atoms with van der Waals surface area (Å²) in [5.41, 5.74) is 6.74. The molecule has 0 spiro atoms. The highest BCUT2D eigenvalue weighted by Gasteiger charge is 2.13. The second-order valence-corrected chi connectivity index (χ2v) is 4.90. The Hall–Kier alpha value is -2.14. The van der Waals surface area contributed by atoms with Gasteiger partial charge < -0.3 is 16.4 Å². The van der Waals surface area contributed by atoms with Crippen molar-refractivity contribution in [2.75, 3.05) is 7.05 Å². The number of carbonyl (C=O) groups excluding carboxylic acids is 2. The van der Waals surface area contributed by atoms with Gasteiger partial charge in [-0.2, -0.15) is 0 Å². The predicted octanol–water partition coefficient (Wildman–Crippen LogP) is 0.753. The number of benzene rings is 1. The maximum Gasteiger partial charge on any atom is 0.243 e. The zero-order chi connectivity index (χ0) is 15.7. The van der Waals surface area contributed by atoms with E-state index < -0.39 is 6.04 Å². The number of nitrogens with two attached hydrogens (primary N) is 1. The molecule has 0 radical (unpaired) electrons. The molecular weight excluding hydrogens is 266 g/mol. The molecule has 1 rings (SSSR count). The molecule has 21 heavy (non-hydrogen) atoms. The van der Waals surface area contributed by atoms with Gasteiger partial charge in [0.1, 0.15) is 0 Å². The van der Waals surface area contributed by atoms with Crippen LogP contribution in [0.5, 0.6) is 0 Å². The van der Waals surface area contributed by atoms with Crippen molar-refractivity contribution < 1.29 is 9.59 Å². The van der Waals surface area contributed by atoms with Crippen LogP contribution in [0.4, 0.5) is 0 Å². The van der Waals surface area contributed by atoms with E-state index in [1.54, 1.807) is 20.0 Å². The zero-order valence-electron chi connectivity index (χ0n) is 12.5. The van der Waals surface area contributed by atoms with E-state index >= 15 is 0 Å². The standard InChI is InChI=1S/C16H23N3O2/c1-12(17)16(21)19-14(10-11-15(20)18-2)9-8-13-6-4-3-5-7-13/h3-7,10-12,14H,8-9,17H2,1-2H3,(H,18,20)(H,19,21)/t12-,14-/m0/s1. The number of amides is 2. The summed E-state index contributed by atoms with van der Waals surface area (Å²) in [5, 5.41) is 5.34. The third kappa shape index (κ3) is 6.72. The highest BCUT2D eigenvalue weighted by molar-refractivity contribution is 5.87. The molecular formula is C16H23N3O2. The number of nitrogens with one attached hydrogen (secondary N) is 2. The number of rotatable bonds is 7. The van der Waals surface area contributed by atoms with E-state index in [1.165, 1.54) is 11.6 Å². The lowest BCUT2D eigenvalue weighted by molar-refractivity contribution is -0.122. The summed E-state index contributed by atoms with van der Waals surface area (Å²) in [4.78, 5) is 23.0. The van der Waals surface area contributed by atoms with Gasteiger partial charge in [0.25, 0.3) is 0 Å². The molecule has 0 saturated heterocycles. The smallest absolute Gasteiger partial charge is 0.243 e. The van der Waals surface area contributed by atoms with E-state index in [0.29, 0.717) is 6.42 Å². The van der Waals surface area contributed by atoms with Gasteiger partial charge in [-0.3, -0.25) is 9.59 Å². The minimum atomic E-state index is -0.572. The zero-order valence-corrected chi connectivity index (χ0v) is 12.5. The number of carbonyl (C=O) groups is 2. The van der Waals surface area contributed by atoms with Gasteiger partial charge in [0, 0.05) is 19.2 Å². The minimum absolute atomic E-state index is 0.199. The van der Waals surface area contributed by atoms with E-state index in [0.717, 1.165) is 6.42 Å². The number of hydrogen-bond acceptors (Lipinski definition) is 3. The Bertz CT molecular complexity index is 484. The third-order valence-corrected chi connectivity index (χ3v) is 3.05. The van der Waals surface area contributed by atoms with Gasteiger partial charge in [0.15, 0.2) is 0 Å². The minimum Gasteiger partial charge on any atom is -0.356 e. The highest BCUT2D eigenvalue weighted by Crippen LogP contribution is 2.06. The summed E-state index contributed by atoms with van der Waals surface area (Å²) in [6.07, 6.45) is 4.64. The van der Waals surface area contributed by atoms with Crippen LogP contribution in [0.15, 0.2) is 42.5 Å². The van der Waals surface area contributed by atoms with Crippen LogP contribution in [0.25, 0.3) is 0 Å². The first-order valence-corrected chi connectivity index (χ1v) is 7.02. The quantitative estimate of drug-likeness (QED) is 0.648. The fourth-order valence-corrected chi connectivity index (χ4v) is 1.78. The molecule has 0 aliphatic carbocycles. The van der Waals surface area contributed by atoms with Crippen LogP contribution in [0, 0.1) is 0 Å². The van der Waals surface area contributed by atoms with Gasteiger partial charge in [0.05, 0.1) is 6.04 Å². The highest BCUT2D eigenvalue weighted by atomic mass is 16.2. The average Bonchev–Trinajstić information content (AvgIpc) is 2.50. The van der Waals surface area contributed by atoms with E-state index in [9.17, 15) is 9.59 Å². The van der Waals surface area contributed by atoms with Crippen molar-refractivity contribution in [3.05, 3.63) is 48.0 Å². The van der Waals surface area contributed by atoms with Gasteiger partial charge in [-0.15, -0.1) is 0 Å². The van der Waals surface area contributed by atoms with Gasteiger partial charge in [-0.1, -0.05) is 36.4 Å². The summed E-state index contributed by atoms with van der Waals surface area (Å²) in [7, 11) is 1.56. The molecule has 0 bridgehead atoms. The Kier molecular flexibility index (Phi) is 7.18. The second-order valence-electron chi connectivity index (χ2n) is 4.90. The van der Waals surface area contributed by atoms with Gasteiger partial charge in [0.2, 0.25) is 11.8 Å². The van der Waals surface area contributed by atoms with Gasteiger partial charge >= 0.3 is 0 Å². The summed E-state index contributed by atoms with van der Waals surface area (Å²) in [5.74, 6) is -0.427. The van der Waals surface area contributed by atoms with E-state index in [-0.39, 0.29) is 17.9 Å². The van der Waals surface area contributed by atoms with Crippen molar-refractivity contribution >= 4 is 11.8 Å². The van der Waals surface area contributed by atoms with Crippen LogP contribution in [0.2, 0.25) is 0 Å². The van der Waals surface area contributed by atoms with Crippen LogP contribution in [-0.4, -0.2) is 30.9 Å². The first-order chi connectivity index (χ1) is 10.0. The van der Waals surface area contributed by atoms with Gasteiger partial charge in [-0.05, 0) is 25.3 Å². The maximum absolute atomic E-state index is 11.7. The number of hydrogen-bond donors (Lipinski definition) is 3. The molecule has 0 heterocycles. The molecule has 5 heteroatoms. The van der Waals surface area contributed by atoms with Crippen molar-refractivity contribution in [3.8, 4) is 0 Å². The normalized spacial score (nSPS) is 13.7. The Morgan fingerprint density at radius 1 is 1.29 bits per heavy atom. The average molecular weight is 289 g/mol. The SMILES string of the molecule is CNC(=O)C=C[C@H](CCc1ccccc1)NC(=O)[C@H](C)N. The van der Waals surface area contributed by atoms with Crippen LogP contribution < -0.4 is 16.4 Å². The first-order valence-electron chi connectivity index (χ1n) is 7.02. The van der Waals surface area contributed by atoms with Crippen LogP contribution >= 0.6 is 0 Å². The molecule has 5 nitrogen and oxygen atoms in total. The summed E-state index contributed by atoms with van der Waals surface area (Å²) < 4.78 is 0. The molecule has 2 amide bonds. The first kappa shape index (κ1) is 16.9. The molecule has 2 atom stereocenters. The Labute approximate surface area is 125 Å². The Morgan fingerprint density at radius 2 is 1.95 bits per heavy atom. The summed E-state index contributed by atoms with van der Waals surface area (Å²) in [6.45, 7) is 1.63. The molecule has 4 N–H and O–H groups in total. The van der Waals surface area contributed by atoms with Gasteiger partial charge in [-0.25, -0.2) is 0 Å². The van der Waals surface area contributed by atoms with Crippen LogP contribution in [0.1, 0.15) is 18.9 Å². The monoisotopic (exact) mass is 289 g/mol. The number of likely N-dealkylation sites (N-methyl/N-ethyl adjacent to an activating group) is 1. The molecule has 0 aromatic heterocycles. The second kappa shape index (κ2) is 8.92. The molecule has 0 aliphatic rings. The van der Waals surface area contributed by atoms with E-state index in [2.05, 4.69) is 10.6 Å². The van der Waals surface area contributed by atoms with Crippen molar-refractivity contribution in [2.24, 2.45) is 5.73 Å². The lowest BCUT2D eigenvalue weighted by atomic mass is 10.0. The lowest BCUT2D eigenvalue weighted by Gasteiger charge is -2.16. The fraction of sp³-hybridized carbons (Fsp3) is 0.375. The summed E-state index contributed by atoms with van der Waals surface area (Å²) >= 11 is 0. The molecule has 0 fully saturated rings. The van der Waals surface area contributed by atoms with Crippen molar-refractivity contribution in [3.63, 3.8) is 0 Å². The molecule has 114 valence electrons. The molecule has 1 aromatic carbocycles. The van der Waals surface area contributed by atoms with Crippen molar-refractivity contribution in [1.82, 2.24) is 10.6 Å².